The molecule has 1 unspecified atom stereocenters. The number of thioether (sulfide) groups is 1. The normalized spacial score (nSPS) is 12.4. The van der Waals surface area contributed by atoms with E-state index in [9.17, 15) is 13.9 Å². The fourth-order valence-electron chi connectivity index (χ4n) is 1.48. The van der Waals surface area contributed by atoms with Gasteiger partial charge < -0.3 is 10.4 Å². The Labute approximate surface area is 110 Å². The molecule has 0 aliphatic carbocycles. The molecule has 0 fully saturated rings. The molecule has 2 nitrogen and oxygen atoms in total. The maximum Gasteiger partial charge on any atom is 0.131 e. The second kappa shape index (κ2) is 8.24. The Balaban J connectivity index is 2.36. The molecule has 0 radical (unpaired) electrons. The Kier molecular flexibility index (Phi) is 6.93. The second-order valence-electron chi connectivity index (χ2n) is 3.72. The fraction of sp³-hybridized carbons (Fsp3) is 0.385. The molecule has 0 saturated heterocycles. The summed E-state index contributed by atoms with van der Waals surface area (Å²) in [5.74, 6) is 0.292. The molecule has 0 aliphatic rings. The third-order valence-corrected chi connectivity index (χ3v) is 3.29. The van der Waals surface area contributed by atoms with Crippen LogP contribution in [-0.4, -0.2) is 29.7 Å². The minimum Gasteiger partial charge on any atom is -0.387 e. The van der Waals surface area contributed by atoms with Gasteiger partial charge in [-0.2, -0.15) is 11.8 Å². The van der Waals surface area contributed by atoms with Crippen LogP contribution in [0.15, 0.2) is 30.9 Å². The zero-order valence-corrected chi connectivity index (χ0v) is 10.9. The van der Waals surface area contributed by atoms with Crippen molar-refractivity contribution < 1.29 is 13.9 Å². The molecule has 1 atom stereocenters. The zero-order chi connectivity index (χ0) is 13.4. The summed E-state index contributed by atoms with van der Waals surface area (Å²) in [4.78, 5) is 0. The van der Waals surface area contributed by atoms with E-state index >= 15 is 0 Å². The minimum atomic E-state index is -1.17. The van der Waals surface area contributed by atoms with E-state index < -0.39 is 17.7 Å². The predicted octanol–water partition coefficient (Wildman–Crippen LogP) is 2.51. The summed E-state index contributed by atoms with van der Waals surface area (Å²) in [7, 11) is 0. The number of aliphatic hydroxyl groups is 1. The summed E-state index contributed by atoms with van der Waals surface area (Å²) in [5.41, 5.74) is -0.274. The van der Waals surface area contributed by atoms with Gasteiger partial charge in [0, 0.05) is 24.6 Å². The molecule has 100 valence electrons. The van der Waals surface area contributed by atoms with Crippen molar-refractivity contribution in [2.24, 2.45) is 0 Å². The standard InChI is InChI=1S/C13H17F2NOS/c1-2-7-18-8-6-16-9-12(17)13-10(14)4-3-5-11(13)15/h2-5,12,16-17H,1,6-9H2. The lowest BCUT2D eigenvalue weighted by atomic mass is 10.1. The molecule has 5 heteroatoms. The van der Waals surface area contributed by atoms with Gasteiger partial charge in [0.25, 0.3) is 0 Å². The molecule has 0 saturated carbocycles. The molecule has 1 rings (SSSR count). The average Bonchev–Trinajstić information content (AvgIpc) is 2.33. The van der Waals surface area contributed by atoms with Crippen molar-refractivity contribution in [2.45, 2.75) is 6.10 Å². The largest absolute Gasteiger partial charge is 0.387 e. The molecule has 18 heavy (non-hydrogen) atoms. The van der Waals surface area contributed by atoms with E-state index in [1.54, 1.807) is 11.8 Å². The number of hydrogen-bond donors (Lipinski definition) is 2. The van der Waals surface area contributed by atoms with Gasteiger partial charge in [0.05, 0.1) is 11.7 Å². The van der Waals surface area contributed by atoms with E-state index in [0.717, 1.165) is 23.6 Å². The van der Waals surface area contributed by atoms with Crippen LogP contribution < -0.4 is 5.32 Å². The molecule has 0 aliphatic heterocycles. The van der Waals surface area contributed by atoms with Crippen LogP contribution >= 0.6 is 11.8 Å². The Morgan fingerprint density at radius 1 is 1.39 bits per heavy atom. The van der Waals surface area contributed by atoms with Crippen LogP contribution in [0.2, 0.25) is 0 Å². The van der Waals surface area contributed by atoms with Crippen LogP contribution in [0.5, 0.6) is 0 Å². The lowest BCUT2D eigenvalue weighted by Gasteiger charge is -2.13. The van der Waals surface area contributed by atoms with Gasteiger partial charge in [0.2, 0.25) is 0 Å². The molecular formula is C13H17F2NOS. The van der Waals surface area contributed by atoms with E-state index in [0.29, 0.717) is 6.54 Å². The monoisotopic (exact) mass is 273 g/mol. The molecule has 0 spiro atoms. The Hall–Kier alpha value is -0.910. The molecule has 1 aromatic carbocycles. The van der Waals surface area contributed by atoms with E-state index in [2.05, 4.69) is 11.9 Å². The molecule has 1 aromatic rings. The highest BCUT2D eigenvalue weighted by Crippen LogP contribution is 2.19. The smallest absolute Gasteiger partial charge is 0.131 e. The SMILES string of the molecule is C=CCSCCNCC(O)c1c(F)cccc1F. The van der Waals surface area contributed by atoms with E-state index in [1.165, 1.54) is 6.07 Å². The first-order valence-corrected chi connectivity index (χ1v) is 6.83. The maximum absolute atomic E-state index is 13.3. The number of benzene rings is 1. The second-order valence-corrected chi connectivity index (χ2v) is 4.87. The summed E-state index contributed by atoms with van der Waals surface area (Å²) in [6, 6.07) is 3.56. The van der Waals surface area contributed by atoms with Gasteiger partial charge >= 0.3 is 0 Å². The summed E-state index contributed by atoms with van der Waals surface area (Å²) < 4.78 is 26.7. The van der Waals surface area contributed by atoms with Crippen LogP contribution in [0, 0.1) is 11.6 Å². The Morgan fingerprint density at radius 3 is 2.67 bits per heavy atom. The minimum absolute atomic E-state index is 0.131. The molecular weight excluding hydrogens is 256 g/mol. The van der Waals surface area contributed by atoms with Crippen LogP contribution in [0.25, 0.3) is 0 Å². The quantitative estimate of drug-likeness (QED) is 0.564. The lowest BCUT2D eigenvalue weighted by molar-refractivity contribution is 0.166. The van der Waals surface area contributed by atoms with Crippen LogP contribution in [0.3, 0.4) is 0 Å². The van der Waals surface area contributed by atoms with Crippen molar-refractivity contribution in [3.8, 4) is 0 Å². The van der Waals surface area contributed by atoms with Crippen LogP contribution in [-0.2, 0) is 0 Å². The van der Waals surface area contributed by atoms with Crippen LogP contribution in [0.1, 0.15) is 11.7 Å². The number of rotatable bonds is 8. The predicted molar refractivity (Wildman–Crippen MR) is 71.7 cm³/mol. The first-order chi connectivity index (χ1) is 8.66. The number of aliphatic hydroxyl groups excluding tert-OH is 1. The van der Waals surface area contributed by atoms with Gasteiger partial charge in [-0.1, -0.05) is 12.1 Å². The van der Waals surface area contributed by atoms with Crippen LogP contribution in [0.4, 0.5) is 8.78 Å². The van der Waals surface area contributed by atoms with Crippen molar-refractivity contribution in [2.75, 3.05) is 24.6 Å². The number of nitrogens with one attached hydrogen (secondary N) is 1. The lowest BCUT2D eigenvalue weighted by Crippen LogP contribution is -2.25. The van der Waals surface area contributed by atoms with Gasteiger partial charge in [0.1, 0.15) is 11.6 Å². The Bertz CT molecular complexity index is 367. The van der Waals surface area contributed by atoms with Crippen molar-refractivity contribution >= 4 is 11.8 Å². The van der Waals surface area contributed by atoms with Crippen molar-refractivity contribution in [3.05, 3.63) is 48.1 Å². The van der Waals surface area contributed by atoms with Crippen molar-refractivity contribution in [1.29, 1.82) is 0 Å². The third kappa shape index (κ3) is 4.76. The maximum atomic E-state index is 13.3. The molecule has 0 aromatic heterocycles. The average molecular weight is 273 g/mol. The number of hydrogen-bond acceptors (Lipinski definition) is 3. The highest BCUT2D eigenvalue weighted by molar-refractivity contribution is 7.99. The summed E-state index contributed by atoms with van der Waals surface area (Å²) in [6.07, 6.45) is 0.643. The summed E-state index contributed by atoms with van der Waals surface area (Å²) >= 11 is 1.70. The van der Waals surface area contributed by atoms with E-state index in [4.69, 9.17) is 0 Å². The fourth-order valence-corrected chi connectivity index (χ4v) is 2.10. The summed E-state index contributed by atoms with van der Waals surface area (Å²) in [6.45, 7) is 4.40. The number of halogens is 2. The zero-order valence-electron chi connectivity index (χ0n) is 10.0. The molecule has 0 amide bonds. The van der Waals surface area contributed by atoms with Gasteiger partial charge in [-0.25, -0.2) is 8.78 Å². The van der Waals surface area contributed by atoms with E-state index in [-0.39, 0.29) is 12.1 Å². The van der Waals surface area contributed by atoms with Gasteiger partial charge in [0.15, 0.2) is 0 Å². The topological polar surface area (TPSA) is 32.3 Å². The highest BCUT2D eigenvalue weighted by atomic mass is 32.2. The van der Waals surface area contributed by atoms with Gasteiger partial charge in [-0.3, -0.25) is 0 Å². The molecule has 0 heterocycles. The van der Waals surface area contributed by atoms with Gasteiger partial charge in [-0.15, -0.1) is 6.58 Å². The van der Waals surface area contributed by atoms with Crippen molar-refractivity contribution in [3.63, 3.8) is 0 Å². The van der Waals surface area contributed by atoms with Crippen molar-refractivity contribution in [1.82, 2.24) is 5.32 Å². The molecule has 0 bridgehead atoms. The van der Waals surface area contributed by atoms with E-state index in [1.807, 2.05) is 6.08 Å². The highest BCUT2D eigenvalue weighted by Gasteiger charge is 2.16. The first-order valence-electron chi connectivity index (χ1n) is 5.68. The third-order valence-electron chi connectivity index (χ3n) is 2.33. The summed E-state index contributed by atoms with van der Waals surface area (Å²) in [5, 5.41) is 12.7. The Morgan fingerprint density at radius 2 is 2.06 bits per heavy atom. The molecule has 2 N–H and O–H groups in total. The van der Waals surface area contributed by atoms with Gasteiger partial charge in [-0.05, 0) is 12.1 Å². The first kappa shape index (κ1) is 15.1.